The summed E-state index contributed by atoms with van der Waals surface area (Å²) in [6.45, 7) is 2.38. The van der Waals surface area contributed by atoms with E-state index in [-0.39, 0.29) is 40.5 Å². The van der Waals surface area contributed by atoms with Gasteiger partial charge < -0.3 is 24.8 Å². The number of esters is 3. The molecule has 0 fully saturated rings. The average molecular weight is 526 g/mol. The second-order valence-corrected chi connectivity index (χ2v) is 8.07. The Morgan fingerprint density at radius 1 is 1.08 bits per heavy atom. The van der Waals surface area contributed by atoms with Crippen molar-refractivity contribution in [2.45, 2.75) is 26.2 Å². The Kier molecular flexibility index (Phi) is 8.81. The third-order valence-electron chi connectivity index (χ3n) is 5.84. The van der Waals surface area contributed by atoms with E-state index in [9.17, 15) is 28.4 Å². The molecule has 198 valence electrons. The first kappa shape index (κ1) is 27.9. The summed E-state index contributed by atoms with van der Waals surface area (Å²) in [7, 11) is 1.13. The third-order valence-corrected chi connectivity index (χ3v) is 5.84. The van der Waals surface area contributed by atoms with E-state index in [2.05, 4.69) is 4.74 Å². The minimum Gasteiger partial charge on any atom is -0.466 e. The Hall–Kier alpha value is -4.72. The number of nitrogens with two attached hydrogens (primary N) is 1. The van der Waals surface area contributed by atoms with E-state index in [1.165, 1.54) is 48.2 Å². The topological polar surface area (TPSA) is 132 Å². The molecule has 0 saturated heterocycles. The quantitative estimate of drug-likeness (QED) is 0.403. The smallest absolute Gasteiger partial charge is 0.344 e. The highest BCUT2D eigenvalue weighted by molar-refractivity contribution is 6.02. The maximum absolute atomic E-state index is 13.5. The second-order valence-electron chi connectivity index (χ2n) is 8.07. The standard InChI is InChI=1S/C27H25F2N3O6/c1-4-37-27(35)23-22(17-10-8-16(13-30)9-11-17)21(26(34)38-14-20(33)36-3)15(2)32(25(23)31)19-7-5-6-18(12-19)24(28)29/h5-12,22,24H,4,14,31H2,1-3H3. The molecule has 9 nitrogen and oxygen atoms in total. The molecule has 1 atom stereocenters. The van der Waals surface area contributed by atoms with Gasteiger partial charge in [0.15, 0.2) is 6.61 Å². The molecule has 0 spiro atoms. The van der Waals surface area contributed by atoms with Crippen LogP contribution in [0.15, 0.2) is 71.2 Å². The number of ether oxygens (including phenoxy) is 3. The molecule has 38 heavy (non-hydrogen) atoms. The normalized spacial score (nSPS) is 15.3. The SMILES string of the molecule is CCOC(=O)C1=C(N)N(c2cccc(C(F)F)c2)C(C)=C(C(=O)OCC(=O)OC)C1c1ccc(C#N)cc1. The molecule has 2 N–H and O–H groups in total. The van der Waals surface area contributed by atoms with Gasteiger partial charge in [0, 0.05) is 16.9 Å². The number of anilines is 1. The molecule has 3 rings (SSSR count). The Bertz CT molecular complexity index is 1350. The van der Waals surface area contributed by atoms with Crippen molar-refractivity contribution in [1.29, 1.82) is 5.26 Å². The summed E-state index contributed by atoms with van der Waals surface area (Å²) < 4.78 is 41.9. The van der Waals surface area contributed by atoms with Crippen LogP contribution in [0.1, 0.15) is 42.9 Å². The van der Waals surface area contributed by atoms with Crippen molar-refractivity contribution in [2.75, 3.05) is 25.2 Å². The molecule has 0 aliphatic carbocycles. The minimum absolute atomic E-state index is 0.0125. The lowest BCUT2D eigenvalue weighted by Gasteiger charge is -2.37. The van der Waals surface area contributed by atoms with Gasteiger partial charge in [-0.1, -0.05) is 24.3 Å². The van der Waals surface area contributed by atoms with Gasteiger partial charge in [0.2, 0.25) is 0 Å². The van der Waals surface area contributed by atoms with Crippen LogP contribution < -0.4 is 10.6 Å². The van der Waals surface area contributed by atoms with Gasteiger partial charge in [-0.15, -0.1) is 0 Å². The second kappa shape index (κ2) is 12.0. The molecule has 2 aromatic carbocycles. The van der Waals surface area contributed by atoms with Crippen LogP contribution in [0.4, 0.5) is 14.5 Å². The predicted molar refractivity (Wildman–Crippen MR) is 131 cm³/mol. The van der Waals surface area contributed by atoms with Crippen molar-refractivity contribution in [3.8, 4) is 6.07 Å². The summed E-state index contributed by atoms with van der Waals surface area (Å²) in [5.74, 6) is -3.90. The molecule has 0 radical (unpaired) electrons. The van der Waals surface area contributed by atoms with Crippen LogP contribution in [0.2, 0.25) is 0 Å². The third kappa shape index (κ3) is 5.64. The van der Waals surface area contributed by atoms with Crippen LogP contribution >= 0.6 is 0 Å². The highest BCUT2D eigenvalue weighted by Gasteiger charge is 2.42. The van der Waals surface area contributed by atoms with Crippen molar-refractivity contribution in [3.05, 3.63) is 87.9 Å². The molecule has 0 bridgehead atoms. The Balaban J connectivity index is 2.30. The fourth-order valence-electron chi connectivity index (χ4n) is 4.10. The molecule has 1 unspecified atom stereocenters. The molecule has 0 aromatic heterocycles. The van der Waals surface area contributed by atoms with Crippen molar-refractivity contribution in [1.82, 2.24) is 0 Å². The zero-order valence-corrected chi connectivity index (χ0v) is 20.9. The predicted octanol–water partition coefficient (Wildman–Crippen LogP) is 3.82. The van der Waals surface area contributed by atoms with Gasteiger partial charge in [0.25, 0.3) is 6.43 Å². The van der Waals surface area contributed by atoms with Crippen LogP contribution in [0.25, 0.3) is 0 Å². The van der Waals surface area contributed by atoms with Crippen molar-refractivity contribution >= 4 is 23.6 Å². The van der Waals surface area contributed by atoms with E-state index >= 15 is 0 Å². The zero-order valence-electron chi connectivity index (χ0n) is 20.9. The van der Waals surface area contributed by atoms with E-state index in [0.29, 0.717) is 11.1 Å². The van der Waals surface area contributed by atoms with Crippen LogP contribution in [-0.2, 0) is 28.6 Å². The zero-order chi connectivity index (χ0) is 28.0. The molecule has 0 amide bonds. The summed E-state index contributed by atoms with van der Waals surface area (Å²) in [6, 6.07) is 13.4. The Morgan fingerprint density at radius 2 is 1.74 bits per heavy atom. The maximum atomic E-state index is 13.5. The van der Waals surface area contributed by atoms with Crippen LogP contribution in [-0.4, -0.2) is 38.2 Å². The Labute approximate surface area is 217 Å². The summed E-state index contributed by atoms with van der Waals surface area (Å²) in [5.41, 5.74) is 7.04. The minimum atomic E-state index is -2.78. The number of nitriles is 1. The highest BCUT2D eigenvalue weighted by Crippen LogP contribution is 2.44. The first-order valence-corrected chi connectivity index (χ1v) is 11.4. The fraction of sp³-hybridized carbons (Fsp3) is 0.259. The van der Waals surface area contributed by atoms with Gasteiger partial charge in [-0.2, -0.15) is 5.26 Å². The molecule has 1 aliphatic heterocycles. The number of hydrogen-bond donors (Lipinski definition) is 1. The molecular formula is C27H25F2N3O6. The van der Waals surface area contributed by atoms with Crippen molar-refractivity contribution < 1.29 is 37.4 Å². The van der Waals surface area contributed by atoms with Gasteiger partial charge in [0.05, 0.1) is 42.4 Å². The first-order valence-electron chi connectivity index (χ1n) is 11.4. The summed E-state index contributed by atoms with van der Waals surface area (Å²) in [6.07, 6.45) is -2.78. The van der Waals surface area contributed by atoms with Gasteiger partial charge in [-0.25, -0.2) is 23.2 Å². The van der Waals surface area contributed by atoms with E-state index in [1.54, 1.807) is 19.1 Å². The molecule has 1 heterocycles. The largest absolute Gasteiger partial charge is 0.466 e. The number of alkyl halides is 2. The average Bonchev–Trinajstić information content (AvgIpc) is 2.91. The number of carbonyl (C=O) groups is 3. The van der Waals surface area contributed by atoms with Gasteiger partial charge in [-0.05, 0) is 43.7 Å². The van der Waals surface area contributed by atoms with E-state index in [1.807, 2.05) is 6.07 Å². The van der Waals surface area contributed by atoms with E-state index in [0.717, 1.165) is 7.11 Å². The van der Waals surface area contributed by atoms with Gasteiger partial charge >= 0.3 is 17.9 Å². The number of nitrogens with zero attached hydrogens (tertiary/aromatic N) is 2. The molecule has 0 saturated carbocycles. The fourth-order valence-corrected chi connectivity index (χ4v) is 4.10. The summed E-state index contributed by atoms with van der Waals surface area (Å²) in [5, 5.41) is 9.20. The molecule has 2 aromatic rings. The van der Waals surface area contributed by atoms with Crippen LogP contribution in [0.5, 0.6) is 0 Å². The highest BCUT2D eigenvalue weighted by atomic mass is 19.3. The lowest BCUT2D eigenvalue weighted by atomic mass is 9.80. The van der Waals surface area contributed by atoms with Crippen LogP contribution in [0.3, 0.4) is 0 Å². The number of allylic oxidation sites excluding steroid dienone is 1. The number of carbonyl (C=O) groups excluding carboxylic acids is 3. The lowest BCUT2D eigenvalue weighted by Crippen LogP contribution is -2.39. The maximum Gasteiger partial charge on any atom is 0.344 e. The number of benzene rings is 2. The van der Waals surface area contributed by atoms with Crippen molar-refractivity contribution in [2.24, 2.45) is 5.73 Å². The first-order chi connectivity index (χ1) is 18.1. The van der Waals surface area contributed by atoms with E-state index in [4.69, 9.17) is 15.2 Å². The van der Waals surface area contributed by atoms with Gasteiger partial charge in [0.1, 0.15) is 5.82 Å². The lowest BCUT2D eigenvalue weighted by molar-refractivity contribution is -0.154. The molecule has 11 heteroatoms. The number of halogens is 2. The monoisotopic (exact) mass is 525 g/mol. The number of hydrogen-bond acceptors (Lipinski definition) is 9. The van der Waals surface area contributed by atoms with Crippen molar-refractivity contribution in [3.63, 3.8) is 0 Å². The van der Waals surface area contributed by atoms with Crippen LogP contribution in [0, 0.1) is 11.3 Å². The summed E-state index contributed by atoms with van der Waals surface area (Å²) >= 11 is 0. The van der Waals surface area contributed by atoms with E-state index < -0.39 is 36.9 Å². The van der Waals surface area contributed by atoms with Gasteiger partial charge in [-0.3, -0.25) is 0 Å². The number of methoxy groups -OCH3 is 1. The Morgan fingerprint density at radius 3 is 2.32 bits per heavy atom. The molecular weight excluding hydrogens is 500 g/mol. The number of rotatable bonds is 8. The molecule has 1 aliphatic rings. The summed E-state index contributed by atoms with van der Waals surface area (Å²) in [4.78, 5) is 39.6.